The van der Waals surface area contributed by atoms with E-state index in [-0.39, 0.29) is 11.7 Å². The molecule has 2 aromatic rings. The van der Waals surface area contributed by atoms with Crippen LogP contribution in [0, 0.1) is 11.2 Å². The van der Waals surface area contributed by atoms with E-state index < -0.39 is 9.84 Å². The quantitative estimate of drug-likeness (QED) is 0.252. The van der Waals surface area contributed by atoms with Gasteiger partial charge in [-0.1, -0.05) is 39.3 Å². The number of hydrogen-bond donors (Lipinski definition) is 1. The number of imidazole rings is 1. The van der Waals surface area contributed by atoms with Crippen molar-refractivity contribution < 1.29 is 8.42 Å². The van der Waals surface area contributed by atoms with Gasteiger partial charge in [-0.05, 0) is 24.8 Å². The van der Waals surface area contributed by atoms with Gasteiger partial charge >= 0.3 is 0 Å². The van der Waals surface area contributed by atoms with Crippen molar-refractivity contribution in [3.8, 4) is 5.97 Å². The van der Waals surface area contributed by atoms with Gasteiger partial charge in [-0.25, -0.2) is 29.5 Å². The SMILES string of the molecule is CCB(C#N)CCCCCc1cn2c(/C(=C/N(C)N)CC)cnc2c(S(C)(=O)=O)n1. The summed E-state index contributed by atoms with van der Waals surface area (Å²) in [6, 6.07) is 0. The molecular weight excluding hydrogens is 399 g/mol. The van der Waals surface area contributed by atoms with Gasteiger partial charge in [0.15, 0.2) is 20.5 Å². The summed E-state index contributed by atoms with van der Waals surface area (Å²) in [5, 5.41) is 10.5. The summed E-state index contributed by atoms with van der Waals surface area (Å²) in [5.74, 6) is 8.11. The molecule has 2 N–H and O–H groups in total. The van der Waals surface area contributed by atoms with E-state index in [1.54, 1.807) is 17.6 Å². The molecule has 0 aliphatic rings. The largest absolute Gasteiger partial charge is 0.321 e. The van der Waals surface area contributed by atoms with E-state index in [2.05, 4.69) is 15.9 Å². The maximum absolute atomic E-state index is 12.4. The standard InChI is InChI=1S/C20H31BN6O2S/c1-5-16(13-26(3)23)18-12-24-19-20(30(4,28)29)25-17(14-27(18)19)10-8-7-9-11-21(6-2)15-22/h12-14H,5-11,23H2,1-4H3/b16-13+. The third-order valence-corrected chi connectivity index (χ3v) is 6.07. The summed E-state index contributed by atoms with van der Waals surface area (Å²) in [4.78, 5) is 8.76. The molecule has 0 aromatic carbocycles. The molecule has 0 radical (unpaired) electrons. The highest BCUT2D eigenvalue weighted by atomic mass is 32.2. The number of nitrogens with two attached hydrogens (primary N) is 1. The fourth-order valence-corrected chi connectivity index (χ4v) is 4.20. The monoisotopic (exact) mass is 430 g/mol. The zero-order chi connectivity index (χ0) is 22.3. The second kappa shape index (κ2) is 10.6. The van der Waals surface area contributed by atoms with Gasteiger partial charge in [-0.15, -0.1) is 0 Å². The number of hydrazine groups is 1. The summed E-state index contributed by atoms with van der Waals surface area (Å²) >= 11 is 0. The Morgan fingerprint density at radius 2 is 2.10 bits per heavy atom. The topological polar surface area (TPSA) is 117 Å². The van der Waals surface area contributed by atoms with E-state index in [4.69, 9.17) is 11.1 Å². The number of fused-ring (bicyclic) bond motifs is 1. The fourth-order valence-electron chi connectivity index (χ4n) is 3.43. The molecule has 10 heteroatoms. The van der Waals surface area contributed by atoms with Crippen molar-refractivity contribution in [2.75, 3.05) is 13.3 Å². The minimum atomic E-state index is -3.53. The molecule has 0 saturated heterocycles. The van der Waals surface area contributed by atoms with Crippen LogP contribution in [-0.2, 0) is 16.3 Å². The van der Waals surface area contributed by atoms with Crippen LogP contribution in [0.2, 0.25) is 12.6 Å². The van der Waals surface area contributed by atoms with Gasteiger partial charge in [-0.3, -0.25) is 4.40 Å². The van der Waals surface area contributed by atoms with Crippen molar-refractivity contribution in [2.45, 2.75) is 63.6 Å². The molecule has 0 fully saturated rings. The molecule has 0 saturated carbocycles. The van der Waals surface area contributed by atoms with Gasteiger partial charge in [0.25, 0.3) is 6.71 Å². The van der Waals surface area contributed by atoms with Gasteiger partial charge in [0.1, 0.15) is 0 Å². The lowest BCUT2D eigenvalue weighted by molar-refractivity contribution is 0.485. The molecule has 0 unspecified atom stereocenters. The molecule has 2 aromatic heterocycles. The Morgan fingerprint density at radius 3 is 2.67 bits per heavy atom. The molecule has 2 heterocycles. The molecule has 162 valence electrons. The lowest BCUT2D eigenvalue weighted by atomic mass is 9.46. The van der Waals surface area contributed by atoms with E-state index in [0.717, 1.165) is 55.8 Å². The van der Waals surface area contributed by atoms with Gasteiger partial charge in [0.2, 0.25) is 0 Å². The zero-order valence-electron chi connectivity index (χ0n) is 18.3. The van der Waals surface area contributed by atoms with Crippen LogP contribution in [0.1, 0.15) is 50.9 Å². The Morgan fingerprint density at radius 1 is 1.37 bits per heavy atom. The second-order valence-corrected chi connectivity index (χ2v) is 9.58. The Kier molecular flexibility index (Phi) is 8.44. The molecule has 0 spiro atoms. The van der Waals surface area contributed by atoms with E-state index >= 15 is 0 Å². The second-order valence-electron chi connectivity index (χ2n) is 7.65. The van der Waals surface area contributed by atoms with Crippen molar-refractivity contribution in [2.24, 2.45) is 5.84 Å². The molecule has 30 heavy (non-hydrogen) atoms. The Bertz CT molecular complexity index is 1040. The number of sulfone groups is 1. The van der Waals surface area contributed by atoms with Gasteiger partial charge in [0, 0.05) is 31.7 Å². The minimum absolute atomic E-state index is 0.00154. The molecule has 0 aliphatic carbocycles. The first kappa shape index (κ1) is 23.9. The molecule has 2 rings (SSSR count). The normalized spacial score (nSPS) is 12.2. The van der Waals surface area contributed by atoms with E-state index in [0.29, 0.717) is 17.8 Å². The number of rotatable bonds is 11. The minimum Gasteiger partial charge on any atom is -0.321 e. The summed E-state index contributed by atoms with van der Waals surface area (Å²) in [6.45, 7) is 4.16. The first-order valence-electron chi connectivity index (χ1n) is 10.4. The molecule has 0 atom stereocenters. The molecular formula is C20H31BN6O2S. The Balaban J connectivity index is 2.32. The molecule has 0 aliphatic heterocycles. The van der Waals surface area contributed by atoms with Crippen LogP contribution >= 0.6 is 0 Å². The summed E-state index contributed by atoms with van der Waals surface area (Å²) in [6.07, 6.45) is 12.5. The van der Waals surface area contributed by atoms with Crippen LogP contribution in [0.25, 0.3) is 11.2 Å². The van der Waals surface area contributed by atoms with Crippen molar-refractivity contribution >= 4 is 27.8 Å². The van der Waals surface area contributed by atoms with Crippen molar-refractivity contribution in [1.82, 2.24) is 19.4 Å². The summed E-state index contributed by atoms with van der Waals surface area (Å²) in [5.41, 5.74) is 2.80. The van der Waals surface area contributed by atoms with E-state index in [1.165, 1.54) is 5.01 Å². The Hall–Kier alpha value is -2.38. The van der Waals surface area contributed by atoms with Crippen LogP contribution < -0.4 is 5.84 Å². The molecule has 0 amide bonds. The Labute approximate surface area is 179 Å². The van der Waals surface area contributed by atoms with E-state index in [1.807, 2.05) is 26.2 Å². The van der Waals surface area contributed by atoms with Gasteiger partial charge < -0.3 is 5.01 Å². The number of nitriles is 1. The van der Waals surface area contributed by atoms with Gasteiger partial charge in [-0.2, -0.15) is 0 Å². The highest BCUT2D eigenvalue weighted by Crippen LogP contribution is 2.24. The number of unbranched alkanes of at least 4 members (excludes halogenated alkanes) is 2. The fraction of sp³-hybridized carbons (Fsp3) is 0.550. The summed E-state index contributed by atoms with van der Waals surface area (Å²) < 4.78 is 26.5. The highest BCUT2D eigenvalue weighted by Gasteiger charge is 2.20. The van der Waals surface area contributed by atoms with Crippen LogP contribution in [0.4, 0.5) is 0 Å². The van der Waals surface area contributed by atoms with Crippen LogP contribution in [-0.4, -0.2) is 47.8 Å². The lowest BCUT2D eigenvalue weighted by Crippen LogP contribution is -2.19. The smallest absolute Gasteiger partial charge is 0.267 e. The first-order valence-corrected chi connectivity index (χ1v) is 12.3. The van der Waals surface area contributed by atoms with Crippen LogP contribution in [0.3, 0.4) is 0 Å². The van der Waals surface area contributed by atoms with Crippen molar-refractivity contribution in [1.29, 1.82) is 5.26 Å². The summed E-state index contributed by atoms with van der Waals surface area (Å²) in [7, 11) is -1.79. The van der Waals surface area contributed by atoms with E-state index in [9.17, 15) is 8.42 Å². The predicted molar refractivity (Wildman–Crippen MR) is 121 cm³/mol. The lowest BCUT2D eigenvalue weighted by Gasteiger charge is -2.12. The zero-order valence-corrected chi connectivity index (χ0v) is 19.1. The maximum atomic E-state index is 12.4. The molecule has 0 bridgehead atoms. The number of aromatic nitrogens is 3. The predicted octanol–water partition coefficient (Wildman–Crippen LogP) is 2.98. The van der Waals surface area contributed by atoms with Crippen molar-refractivity contribution in [3.63, 3.8) is 0 Å². The number of aryl methyl sites for hydroxylation is 1. The van der Waals surface area contributed by atoms with Crippen LogP contribution in [0.15, 0.2) is 23.6 Å². The average Bonchev–Trinajstić information content (AvgIpc) is 3.11. The van der Waals surface area contributed by atoms with Crippen molar-refractivity contribution in [3.05, 3.63) is 30.0 Å². The van der Waals surface area contributed by atoms with Crippen LogP contribution in [0.5, 0.6) is 0 Å². The third-order valence-electron chi connectivity index (χ3n) is 5.09. The molecule has 8 nitrogen and oxygen atoms in total. The number of allylic oxidation sites excluding steroid dienone is 1. The van der Waals surface area contributed by atoms with Gasteiger partial charge in [0.05, 0.1) is 17.6 Å². The number of hydrogen-bond acceptors (Lipinski definition) is 7. The third kappa shape index (κ3) is 6.06. The maximum Gasteiger partial charge on any atom is 0.267 e. The number of nitrogens with zero attached hydrogens (tertiary/aromatic N) is 5. The highest BCUT2D eigenvalue weighted by molar-refractivity contribution is 7.90. The first-order chi connectivity index (χ1) is 14.2. The average molecular weight is 430 g/mol.